The highest BCUT2D eigenvalue weighted by Crippen LogP contribution is 2.20. The van der Waals surface area contributed by atoms with Crippen molar-refractivity contribution in [3.05, 3.63) is 50.9 Å². The Morgan fingerprint density at radius 3 is 2.89 bits per heavy atom. The Bertz CT molecular complexity index is 453. The minimum atomic E-state index is 0.338. The van der Waals surface area contributed by atoms with Crippen molar-refractivity contribution in [2.75, 3.05) is 6.54 Å². The van der Waals surface area contributed by atoms with Crippen molar-refractivity contribution in [1.82, 2.24) is 10.3 Å². The van der Waals surface area contributed by atoms with E-state index in [9.17, 15) is 0 Å². The molecule has 0 aromatic carbocycles. The number of pyridine rings is 1. The van der Waals surface area contributed by atoms with Crippen LogP contribution in [0.25, 0.3) is 0 Å². The van der Waals surface area contributed by atoms with Gasteiger partial charge in [-0.1, -0.05) is 13.0 Å². The summed E-state index contributed by atoms with van der Waals surface area (Å²) in [5, 5.41) is 5.64. The van der Waals surface area contributed by atoms with Gasteiger partial charge in [-0.3, -0.25) is 4.98 Å². The van der Waals surface area contributed by atoms with E-state index in [0.29, 0.717) is 6.04 Å². The summed E-state index contributed by atoms with van der Waals surface area (Å²) >= 11 is 5.25. The quantitative estimate of drug-likeness (QED) is 0.861. The van der Waals surface area contributed by atoms with Crippen molar-refractivity contribution < 1.29 is 0 Å². The normalized spacial score (nSPS) is 12.6. The van der Waals surface area contributed by atoms with E-state index in [1.165, 1.54) is 4.88 Å². The third kappa shape index (κ3) is 3.90. The van der Waals surface area contributed by atoms with E-state index in [1.54, 1.807) is 0 Å². The fourth-order valence-corrected chi connectivity index (χ4v) is 2.90. The first-order chi connectivity index (χ1) is 8.79. The number of hydrogen-bond donors (Lipinski definition) is 1. The molecule has 0 fully saturated rings. The lowest BCUT2D eigenvalue weighted by atomic mass is 10.1. The van der Waals surface area contributed by atoms with Gasteiger partial charge in [0, 0.05) is 21.6 Å². The SMILES string of the molecule is CCNC(CCc1cccs1)c1ccc(Br)cn1. The van der Waals surface area contributed by atoms with Crippen LogP contribution < -0.4 is 5.32 Å². The lowest BCUT2D eigenvalue weighted by molar-refractivity contribution is 0.505. The molecule has 4 heteroatoms. The van der Waals surface area contributed by atoms with E-state index >= 15 is 0 Å². The first-order valence-corrected chi connectivity index (χ1v) is 7.84. The zero-order chi connectivity index (χ0) is 12.8. The molecule has 1 N–H and O–H groups in total. The monoisotopic (exact) mass is 324 g/mol. The van der Waals surface area contributed by atoms with E-state index in [0.717, 1.165) is 29.6 Å². The molecule has 0 bridgehead atoms. The Morgan fingerprint density at radius 2 is 2.28 bits per heavy atom. The van der Waals surface area contributed by atoms with E-state index in [-0.39, 0.29) is 0 Å². The maximum Gasteiger partial charge on any atom is 0.0574 e. The van der Waals surface area contributed by atoms with E-state index in [1.807, 2.05) is 17.5 Å². The smallest absolute Gasteiger partial charge is 0.0574 e. The number of rotatable bonds is 6. The number of aromatic nitrogens is 1. The summed E-state index contributed by atoms with van der Waals surface area (Å²) < 4.78 is 1.03. The van der Waals surface area contributed by atoms with Gasteiger partial charge < -0.3 is 5.32 Å². The predicted molar refractivity (Wildman–Crippen MR) is 81.0 cm³/mol. The van der Waals surface area contributed by atoms with Crippen LogP contribution in [0.1, 0.15) is 30.0 Å². The zero-order valence-electron chi connectivity index (χ0n) is 10.4. The molecular weight excluding hydrogens is 308 g/mol. The average molecular weight is 325 g/mol. The lowest BCUT2D eigenvalue weighted by Gasteiger charge is -2.17. The summed E-state index contributed by atoms with van der Waals surface area (Å²) in [4.78, 5) is 5.93. The van der Waals surface area contributed by atoms with E-state index in [4.69, 9.17) is 0 Å². The molecule has 0 aliphatic heterocycles. The van der Waals surface area contributed by atoms with E-state index in [2.05, 4.69) is 62.8 Å². The van der Waals surface area contributed by atoms with Gasteiger partial charge in [0.25, 0.3) is 0 Å². The second kappa shape index (κ2) is 7.02. The Morgan fingerprint density at radius 1 is 1.39 bits per heavy atom. The molecule has 1 unspecified atom stereocenters. The van der Waals surface area contributed by atoms with Crippen molar-refractivity contribution in [1.29, 1.82) is 0 Å². The third-order valence-electron chi connectivity index (χ3n) is 2.82. The Labute approximate surface area is 121 Å². The summed E-state index contributed by atoms with van der Waals surface area (Å²) in [6.07, 6.45) is 4.06. The molecule has 2 rings (SSSR count). The molecule has 2 aromatic rings. The maximum absolute atomic E-state index is 4.49. The fraction of sp³-hybridized carbons (Fsp3) is 0.357. The van der Waals surface area contributed by atoms with Gasteiger partial charge in [0.2, 0.25) is 0 Å². The zero-order valence-corrected chi connectivity index (χ0v) is 12.8. The first-order valence-electron chi connectivity index (χ1n) is 6.17. The molecular formula is C14H17BrN2S. The molecule has 96 valence electrons. The maximum atomic E-state index is 4.49. The number of nitrogens with one attached hydrogen (secondary N) is 1. The van der Waals surface area contributed by atoms with Gasteiger partial charge in [-0.25, -0.2) is 0 Å². The van der Waals surface area contributed by atoms with Crippen LogP contribution >= 0.6 is 27.3 Å². The van der Waals surface area contributed by atoms with E-state index < -0.39 is 0 Å². The second-order valence-corrected chi connectivity index (χ2v) is 6.08. The lowest BCUT2D eigenvalue weighted by Crippen LogP contribution is -2.22. The van der Waals surface area contributed by atoms with Crippen molar-refractivity contribution >= 4 is 27.3 Å². The van der Waals surface area contributed by atoms with Gasteiger partial charge in [-0.05, 0) is 58.9 Å². The fourth-order valence-electron chi connectivity index (χ4n) is 1.94. The first kappa shape index (κ1) is 13.7. The highest BCUT2D eigenvalue weighted by molar-refractivity contribution is 9.10. The summed E-state index contributed by atoms with van der Waals surface area (Å²) in [7, 11) is 0. The molecule has 2 aromatic heterocycles. The number of aryl methyl sites for hydroxylation is 1. The predicted octanol–water partition coefficient (Wildman–Crippen LogP) is 4.19. The summed E-state index contributed by atoms with van der Waals surface area (Å²) in [5.41, 5.74) is 1.12. The van der Waals surface area contributed by atoms with Crippen molar-refractivity contribution in [2.45, 2.75) is 25.8 Å². The topological polar surface area (TPSA) is 24.9 Å². The second-order valence-electron chi connectivity index (χ2n) is 4.13. The van der Waals surface area contributed by atoms with Gasteiger partial charge >= 0.3 is 0 Å². The third-order valence-corrected chi connectivity index (χ3v) is 4.22. The largest absolute Gasteiger partial charge is 0.309 e. The van der Waals surface area contributed by atoms with Crippen molar-refractivity contribution in [3.63, 3.8) is 0 Å². The van der Waals surface area contributed by atoms with Crippen LogP contribution in [0.3, 0.4) is 0 Å². The number of nitrogens with zero attached hydrogens (tertiary/aromatic N) is 1. The van der Waals surface area contributed by atoms with Gasteiger partial charge in [0.05, 0.1) is 5.69 Å². The van der Waals surface area contributed by atoms with Crippen LogP contribution in [0.4, 0.5) is 0 Å². The van der Waals surface area contributed by atoms with Gasteiger partial charge in [0.15, 0.2) is 0 Å². The Balaban J connectivity index is 2.01. The molecule has 2 nitrogen and oxygen atoms in total. The highest BCUT2D eigenvalue weighted by atomic mass is 79.9. The van der Waals surface area contributed by atoms with Gasteiger partial charge in [-0.2, -0.15) is 0 Å². The van der Waals surface area contributed by atoms with Crippen molar-refractivity contribution in [3.8, 4) is 0 Å². The molecule has 0 spiro atoms. The van der Waals surface area contributed by atoms with Crippen LogP contribution in [0.2, 0.25) is 0 Å². The highest BCUT2D eigenvalue weighted by Gasteiger charge is 2.11. The molecule has 0 aliphatic carbocycles. The van der Waals surface area contributed by atoms with Crippen LogP contribution in [-0.4, -0.2) is 11.5 Å². The molecule has 0 saturated heterocycles. The van der Waals surface area contributed by atoms with Gasteiger partial charge in [0.1, 0.15) is 0 Å². The standard InChI is InChI=1S/C14H17BrN2S/c1-2-16-13(8-6-12-4-3-9-18-12)14-7-5-11(15)10-17-14/h3-5,7,9-10,13,16H,2,6,8H2,1H3. The summed E-state index contributed by atoms with van der Waals surface area (Å²) in [6.45, 7) is 3.10. The molecule has 18 heavy (non-hydrogen) atoms. The minimum absolute atomic E-state index is 0.338. The van der Waals surface area contributed by atoms with Crippen LogP contribution in [0, 0.1) is 0 Å². The Kier molecular flexibility index (Phi) is 5.35. The van der Waals surface area contributed by atoms with Crippen molar-refractivity contribution in [2.24, 2.45) is 0 Å². The van der Waals surface area contributed by atoms with Gasteiger partial charge in [-0.15, -0.1) is 11.3 Å². The number of hydrogen-bond acceptors (Lipinski definition) is 3. The summed E-state index contributed by atoms with van der Waals surface area (Å²) in [5.74, 6) is 0. The summed E-state index contributed by atoms with van der Waals surface area (Å²) in [6, 6.07) is 8.79. The number of halogens is 1. The number of thiophene rings is 1. The Hall–Kier alpha value is -0.710. The molecule has 2 heterocycles. The van der Waals surface area contributed by atoms with Crippen LogP contribution in [0.5, 0.6) is 0 Å². The molecule has 0 radical (unpaired) electrons. The van der Waals surface area contributed by atoms with Crippen LogP contribution in [0.15, 0.2) is 40.3 Å². The average Bonchev–Trinajstić information content (AvgIpc) is 2.89. The van der Waals surface area contributed by atoms with Crippen LogP contribution in [-0.2, 0) is 6.42 Å². The minimum Gasteiger partial charge on any atom is -0.309 e. The molecule has 1 atom stereocenters. The molecule has 0 aliphatic rings. The molecule has 0 saturated carbocycles. The molecule has 0 amide bonds.